The number of benzene rings is 7. The molecule has 0 atom stereocenters. The van der Waals surface area contributed by atoms with Gasteiger partial charge in [0.25, 0.3) is 0 Å². The summed E-state index contributed by atoms with van der Waals surface area (Å²) in [5.74, 6) is 0. The van der Waals surface area contributed by atoms with E-state index < -0.39 is 0 Å². The van der Waals surface area contributed by atoms with Gasteiger partial charge in [0, 0.05) is 49.6 Å². The first-order chi connectivity index (χ1) is 28.0. The third-order valence-corrected chi connectivity index (χ3v) is 14.1. The Balaban J connectivity index is 0.997. The van der Waals surface area contributed by atoms with Gasteiger partial charge >= 0.3 is 0 Å². The molecule has 0 amide bonds. The van der Waals surface area contributed by atoms with Gasteiger partial charge in [-0.05, 0) is 110 Å². The highest BCUT2D eigenvalue weighted by molar-refractivity contribution is 6.12. The number of hydrogen-bond acceptors (Lipinski definition) is 2. The van der Waals surface area contributed by atoms with E-state index in [2.05, 4.69) is 197 Å². The van der Waals surface area contributed by atoms with Crippen LogP contribution >= 0.6 is 0 Å². The Labute approximate surface area is 339 Å². The van der Waals surface area contributed by atoms with Crippen molar-refractivity contribution in [1.29, 1.82) is 0 Å². The van der Waals surface area contributed by atoms with Crippen molar-refractivity contribution in [3.8, 4) is 39.1 Å². The summed E-state index contributed by atoms with van der Waals surface area (Å²) in [4.78, 5) is 2.46. The van der Waals surface area contributed by atoms with Crippen LogP contribution in [0, 0.1) is 0 Å². The Kier molecular flexibility index (Phi) is 6.53. The van der Waals surface area contributed by atoms with Gasteiger partial charge in [0.05, 0.1) is 23.0 Å². The van der Waals surface area contributed by atoms with Crippen molar-refractivity contribution in [1.82, 2.24) is 4.57 Å². The van der Waals surface area contributed by atoms with Crippen molar-refractivity contribution in [3.05, 3.63) is 191 Å². The Morgan fingerprint density at radius 1 is 0.414 bits per heavy atom. The molecule has 0 spiro atoms. The molecule has 0 fully saturated rings. The molecule has 280 valence electrons. The van der Waals surface area contributed by atoms with Crippen LogP contribution in [0.5, 0.6) is 0 Å². The van der Waals surface area contributed by atoms with Gasteiger partial charge in [0.1, 0.15) is 6.26 Å². The fourth-order valence-corrected chi connectivity index (χ4v) is 11.0. The molecule has 3 aliphatic rings. The molecule has 0 unspecified atom stereocenters. The lowest BCUT2D eigenvalue weighted by atomic mass is 9.76. The monoisotopic (exact) mass is 748 g/mol. The largest absolute Gasteiger partial charge is 0.470 e. The zero-order chi connectivity index (χ0) is 39.3. The molecule has 0 radical (unpaired) electrons. The van der Waals surface area contributed by atoms with Gasteiger partial charge in [-0.2, -0.15) is 0 Å². The van der Waals surface area contributed by atoms with Gasteiger partial charge in [0.15, 0.2) is 0 Å². The molecule has 3 nitrogen and oxygen atoms in total. The van der Waals surface area contributed by atoms with Crippen LogP contribution < -0.4 is 4.90 Å². The Morgan fingerprint density at radius 2 is 0.948 bits per heavy atom. The normalized spacial score (nSPS) is 15.8. The van der Waals surface area contributed by atoms with E-state index >= 15 is 0 Å². The highest BCUT2D eigenvalue weighted by atomic mass is 16.3. The zero-order valence-corrected chi connectivity index (χ0v) is 33.8. The number of fused-ring (bicyclic) bond motifs is 11. The second kappa shape index (κ2) is 11.3. The minimum absolute atomic E-state index is 0.101. The lowest BCUT2D eigenvalue weighted by Gasteiger charge is -2.31. The molecule has 9 aromatic rings. The van der Waals surface area contributed by atoms with Crippen LogP contribution in [0.1, 0.15) is 74.9 Å². The van der Waals surface area contributed by atoms with Crippen molar-refractivity contribution in [2.75, 3.05) is 4.90 Å². The van der Waals surface area contributed by atoms with E-state index in [9.17, 15) is 0 Å². The fraction of sp³-hybridized carbons (Fsp3) is 0.164. The first kappa shape index (κ1) is 33.5. The summed E-state index contributed by atoms with van der Waals surface area (Å²) in [6.45, 7) is 14.1. The standard InChI is InChI=1S/C55H44N2O/c1-53(2)44-15-9-7-12-38(44)40-25-23-36(29-47(40)53)56(37-24-26-41-39-13-8-10-16-45(39)54(3,4)48(41)30-37)35-21-18-33(19-22-35)34-20-27-50-43(28-34)42-14-11-17-46-52(42)57(50)51-32-58-31-49(51)55(46,5)6/h7-32H,1-6H3. The van der Waals surface area contributed by atoms with Crippen LogP contribution in [0.2, 0.25) is 0 Å². The summed E-state index contributed by atoms with van der Waals surface area (Å²) in [5.41, 5.74) is 22.5. The van der Waals surface area contributed by atoms with Gasteiger partial charge in [0.2, 0.25) is 0 Å². The third-order valence-electron chi connectivity index (χ3n) is 14.1. The second-order valence-electron chi connectivity index (χ2n) is 18.2. The van der Waals surface area contributed by atoms with Gasteiger partial charge < -0.3 is 13.9 Å². The Morgan fingerprint density at radius 3 is 1.59 bits per heavy atom. The van der Waals surface area contributed by atoms with E-state index in [1.54, 1.807) is 0 Å². The predicted octanol–water partition coefficient (Wildman–Crippen LogP) is 14.8. The molecule has 2 aliphatic carbocycles. The van der Waals surface area contributed by atoms with E-state index in [1.807, 2.05) is 12.5 Å². The topological polar surface area (TPSA) is 21.3 Å². The Bertz CT molecular complexity index is 3100. The smallest absolute Gasteiger partial charge is 0.115 e. The lowest BCUT2D eigenvalue weighted by Crippen LogP contribution is -2.24. The first-order valence-electron chi connectivity index (χ1n) is 20.6. The molecular formula is C55H44N2O. The first-order valence-corrected chi connectivity index (χ1v) is 20.6. The van der Waals surface area contributed by atoms with Crippen LogP contribution in [0.4, 0.5) is 17.1 Å². The van der Waals surface area contributed by atoms with E-state index in [0.717, 1.165) is 22.7 Å². The molecule has 0 saturated carbocycles. The number of aromatic nitrogens is 1. The number of anilines is 3. The molecule has 2 aromatic heterocycles. The summed E-state index contributed by atoms with van der Waals surface area (Å²) in [6, 6.07) is 54.9. The summed E-state index contributed by atoms with van der Waals surface area (Å²) in [5, 5.41) is 2.54. The van der Waals surface area contributed by atoms with E-state index in [-0.39, 0.29) is 16.2 Å². The van der Waals surface area contributed by atoms with Gasteiger partial charge in [-0.25, -0.2) is 0 Å². The van der Waals surface area contributed by atoms with Crippen molar-refractivity contribution < 1.29 is 4.42 Å². The molecule has 12 rings (SSSR count). The summed E-state index contributed by atoms with van der Waals surface area (Å²) >= 11 is 0. The number of rotatable bonds is 4. The number of para-hydroxylation sites is 1. The zero-order valence-electron chi connectivity index (χ0n) is 33.8. The van der Waals surface area contributed by atoms with Crippen molar-refractivity contribution in [2.24, 2.45) is 0 Å². The molecule has 3 heteroatoms. The number of furan rings is 1. The molecule has 58 heavy (non-hydrogen) atoms. The maximum atomic E-state index is 5.84. The van der Waals surface area contributed by atoms with Crippen LogP contribution in [0.15, 0.2) is 163 Å². The highest BCUT2D eigenvalue weighted by Gasteiger charge is 2.39. The molecule has 0 saturated heterocycles. The lowest BCUT2D eigenvalue weighted by molar-refractivity contribution is 0.550. The van der Waals surface area contributed by atoms with Gasteiger partial charge in [-0.1, -0.05) is 139 Å². The highest BCUT2D eigenvalue weighted by Crippen LogP contribution is 2.54. The van der Waals surface area contributed by atoms with Gasteiger partial charge in [-0.15, -0.1) is 0 Å². The summed E-state index contributed by atoms with van der Waals surface area (Å²) in [7, 11) is 0. The SMILES string of the molecule is CC1(C)c2ccccc2-c2ccc(N(c3ccc(-c4ccc5c(c4)c4cccc6c4n5-c4cocc4C6(C)C)cc3)c3ccc4c(c3)C(C)(C)c3ccccc3-4)cc21. The molecule has 0 bridgehead atoms. The molecule has 1 aliphatic heterocycles. The van der Waals surface area contributed by atoms with Crippen LogP contribution in [-0.4, -0.2) is 4.57 Å². The Hall–Kier alpha value is -6.58. The fourth-order valence-electron chi connectivity index (χ4n) is 11.0. The van der Waals surface area contributed by atoms with Crippen molar-refractivity contribution in [2.45, 2.75) is 57.8 Å². The average molecular weight is 749 g/mol. The van der Waals surface area contributed by atoms with Crippen LogP contribution in [0.25, 0.3) is 60.9 Å². The van der Waals surface area contributed by atoms with Crippen LogP contribution in [-0.2, 0) is 16.2 Å². The van der Waals surface area contributed by atoms with E-state index in [4.69, 9.17) is 4.42 Å². The number of nitrogens with zero attached hydrogens (tertiary/aromatic N) is 2. The quantitative estimate of drug-likeness (QED) is 0.179. The minimum atomic E-state index is -0.145. The minimum Gasteiger partial charge on any atom is -0.470 e. The van der Waals surface area contributed by atoms with Gasteiger partial charge in [-0.3, -0.25) is 0 Å². The predicted molar refractivity (Wildman–Crippen MR) is 240 cm³/mol. The summed E-state index contributed by atoms with van der Waals surface area (Å²) < 4.78 is 8.24. The maximum Gasteiger partial charge on any atom is 0.115 e. The maximum absolute atomic E-state index is 5.84. The molecule has 7 aromatic carbocycles. The number of hydrogen-bond donors (Lipinski definition) is 0. The van der Waals surface area contributed by atoms with E-state index in [1.165, 1.54) is 88.6 Å². The van der Waals surface area contributed by atoms with Crippen molar-refractivity contribution >= 4 is 38.9 Å². The second-order valence-corrected chi connectivity index (χ2v) is 18.2. The third kappa shape index (κ3) is 4.29. The average Bonchev–Trinajstić information content (AvgIpc) is 3.97. The molecule has 3 heterocycles. The van der Waals surface area contributed by atoms with Crippen molar-refractivity contribution in [3.63, 3.8) is 0 Å². The molecular weight excluding hydrogens is 705 g/mol. The van der Waals surface area contributed by atoms with E-state index in [0.29, 0.717) is 0 Å². The van der Waals surface area contributed by atoms with Crippen LogP contribution in [0.3, 0.4) is 0 Å². The summed E-state index contributed by atoms with van der Waals surface area (Å²) in [6.07, 6.45) is 3.83. The molecule has 0 N–H and O–H groups in total.